The summed E-state index contributed by atoms with van der Waals surface area (Å²) in [7, 11) is 0. The maximum Gasteiger partial charge on any atom is 0.416 e. The van der Waals surface area contributed by atoms with E-state index in [1.54, 1.807) is 12.1 Å². The smallest absolute Gasteiger partial charge is 0.166 e. The largest absolute Gasteiger partial charge is 0.416 e. The van der Waals surface area contributed by atoms with E-state index in [0.29, 0.717) is 18.4 Å². The average molecular weight is 322 g/mol. The van der Waals surface area contributed by atoms with Gasteiger partial charge in [-0.1, -0.05) is 55.8 Å². The van der Waals surface area contributed by atoms with E-state index in [-0.39, 0.29) is 0 Å². The summed E-state index contributed by atoms with van der Waals surface area (Å²) in [6.07, 6.45) is -0.326. The standard InChI is InChI=1S/C18H19F3.C2H6/c1-12(2)16-11-13(3)10-15(16)9-8-14-6-4-5-7-17(14)18(19,20)21;1-2/h4-7,10H,1,8-9,11H2,2-3H3;1-2H3. The number of aryl methyl sites for hydroxylation is 1. The van der Waals surface area contributed by atoms with Crippen LogP contribution in [0.2, 0.25) is 0 Å². The van der Waals surface area contributed by atoms with Gasteiger partial charge in [0.05, 0.1) is 5.56 Å². The van der Waals surface area contributed by atoms with Gasteiger partial charge in [0.25, 0.3) is 0 Å². The summed E-state index contributed by atoms with van der Waals surface area (Å²) in [6.45, 7) is 12.0. The van der Waals surface area contributed by atoms with Crippen LogP contribution in [-0.2, 0) is 12.6 Å². The van der Waals surface area contributed by atoms with Crippen LogP contribution >= 0.6 is 0 Å². The van der Waals surface area contributed by atoms with Gasteiger partial charge in [0.2, 0.25) is 0 Å². The summed E-state index contributed by atoms with van der Waals surface area (Å²) < 4.78 is 38.9. The van der Waals surface area contributed by atoms with Crippen LogP contribution in [0.5, 0.6) is 0 Å². The van der Waals surface area contributed by atoms with Crippen LogP contribution in [0.3, 0.4) is 0 Å². The molecule has 1 aliphatic carbocycles. The van der Waals surface area contributed by atoms with E-state index in [0.717, 1.165) is 23.6 Å². The Morgan fingerprint density at radius 2 is 1.74 bits per heavy atom. The van der Waals surface area contributed by atoms with Gasteiger partial charge in [-0.3, -0.25) is 0 Å². The van der Waals surface area contributed by atoms with Gasteiger partial charge in [0.1, 0.15) is 0 Å². The second-order valence-electron chi connectivity index (χ2n) is 5.61. The number of allylic oxidation sites excluding steroid dienone is 5. The van der Waals surface area contributed by atoms with E-state index < -0.39 is 11.7 Å². The molecule has 1 aromatic carbocycles. The zero-order valence-electron chi connectivity index (χ0n) is 14.3. The van der Waals surface area contributed by atoms with E-state index in [1.165, 1.54) is 17.2 Å². The molecule has 0 unspecified atom stereocenters. The van der Waals surface area contributed by atoms with E-state index in [2.05, 4.69) is 12.7 Å². The molecule has 0 atom stereocenters. The Morgan fingerprint density at radius 1 is 1.13 bits per heavy atom. The highest BCUT2D eigenvalue weighted by Gasteiger charge is 2.32. The molecule has 0 saturated heterocycles. The Morgan fingerprint density at radius 3 is 2.30 bits per heavy atom. The van der Waals surface area contributed by atoms with Crippen LogP contribution in [-0.4, -0.2) is 0 Å². The molecule has 0 heterocycles. The molecular formula is C20H25F3. The molecule has 0 nitrogen and oxygen atoms in total. The maximum absolute atomic E-state index is 13.0. The Kier molecular flexibility index (Phi) is 6.86. The first-order valence-corrected chi connectivity index (χ1v) is 7.99. The van der Waals surface area contributed by atoms with Crippen molar-refractivity contribution in [2.45, 2.75) is 53.1 Å². The molecule has 0 aliphatic heterocycles. The summed E-state index contributed by atoms with van der Waals surface area (Å²) in [5.74, 6) is 0. The Hall–Kier alpha value is -1.77. The van der Waals surface area contributed by atoms with Crippen LogP contribution in [0.4, 0.5) is 13.2 Å². The molecule has 0 bridgehead atoms. The number of hydrogen-bond acceptors (Lipinski definition) is 0. The molecule has 2 rings (SSSR count). The molecule has 23 heavy (non-hydrogen) atoms. The van der Waals surface area contributed by atoms with E-state index >= 15 is 0 Å². The van der Waals surface area contributed by atoms with Crippen molar-refractivity contribution >= 4 is 0 Å². The lowest BCUT2D eigenvalue weighted by Gasteiger charge is -2.13. The first-order chi connectivity index (χ1) is 10.8. The monoisotopic (exact) mass is 322 g/mol. The van der Waals surface area contributed by atoms with Crippen molar-refractivity contribution in [1.82, 2.24) is 0 Å². The molecule has 0 amide bonds. The van der Waals surface area contributed by atoms with E-state index in [9.17, 15) is 13.2 Å². The normalized spacial score (nSPS) is 14.3. The lowest BCUT2D eigenvalue weighted by Crippen LogP contribution is -2.09. The van der Waals surface area contributed by atoms with Gasteiger partial charge in [-0.2, -0.15) is 13.2 Å². The van der Waals surface area contributed by atoms with Crippen LogP contribution in [0.1, 0.15) is 51.7 Å². The predicted molar refractivity (Wildman–Crippen MR) is 91.3 cm³/mol. The lowest BCUT2D eigenvalue weighted by molar-refractivity contribution is -0.138. The minimum Gasteiger partial charge on any atom is -0.166 e. The Labute approximate surface area is 137 Å². The van der Waals surface area contributed by atoms with Gasteiger partial charge < -0.3 is 0 Å². The highest BCUT2D eigenvalue weighted by Crippen LogP contribution is 2.35. The molecule has 0 N–H and O–H groups in total. The summed E-state index contributed by atoms with van der Waals surface area (Å²) in [4.78, 5) is 0. The first kappa shape index (κ1) is 19.3. The fourth-order valence-corrected chi connectivity index (χ4v) is 2.76. The van der Waals surface area contributed by atoms with Crippen molar-refractivity contribution in [1.29, 1.82) is 0 Å². The molecule has 1 aliphatic rings. The second-order valence-corrected chi connectivity index (χ2v) is 5.61. The number of halogens is 3. The van der Waals surface area contributed by atoms with Crippen LogP contribution in [0.25, 0.3) is 0 Å². The van der Waals surface area contributed by atoms with E-state index in [4.69, 9.17) is 0 Å². The SMILES string of the molecule is C=C(C)C1=C(CCc2ccccc2C(F)(F)F)C=C(C)C1.CC. The Balaban J connectivity index is 0.00000127. The van der Waals surface area contributed by atoms with Gasteiger partial charge in [-0.05, 0) is 55.9 Å². The average Bonchev–Trinajstić information content (AvgIpc) is 2.88. The fourth-order valence-electron chi connectivity index (χ4n) is 2.76. The minimum absolute atomic E-state index is 0.358. The Bertz CT molecular complexity index is 616. The molecule has 0 spiro atoms. The van der Waals surface area contributed by atoms with Gasteiger partial charge in [0, 0.05) is 0 Å². The minimum atomic E-state index is -4.29. The van der Waals surface area contributed by atoms with Crippen LogP contribution in [0.15, 0.2) is 59.2 Å². The van der Waals surface area contributed by atoms with Gasteiger partial charge >= 0.3 is 6.18 Å². The highest BCUT2D eigenvalue weighted by molar-refractivity contribution is 5.47. The third-order valence-electron chi connectivity index (χ3n) is 3.77. The van der Waals surface area contributed by atoms with Crippen molar-refractivity contribution in [2.24, 2.45) is 0 Å². The number of hydrogen-bond donors (Lipinski definition) is 0. The number of benzene rings is 1. The van der Waals surface area contributed by atoms with Crippen LogP contribution in [0, 0.1) is 0 Å². The topological polar surface area (TPSA) is 0 Å². The van der Waals surface area contributed by atoms with Crippen molar-refractivity contribution < 1.29 is 13.2 Å². The fraction of sp³-hybridized carbons (Fsp3) is 0.400. The molecule has 0 aromatic heterocycles. The van der Waals surface area contributed by atoms with Crippen molar-refractivity contribution in [2.75, 3.05) is 0 Å². The lowest BCUT2D eigenvalue weighted by atomic mass is 9.96. The third-order valence-corrected chi connectivity index (χ3v) is 3.77. The quantitative estimate of drug-likeness (QED) is 0.566. The molecular weight excluding hydrogens is 297 g/mol. The molecule has 1 aromatic rings. The number of rotatable bonds is 4. The van der Waals surface area contributed by atoms with Crippen molar-refractivity contribution in [3.8, 4) is 0 Å². The van der Waals surface area contributed by atoms with Crippen LogP contribution < -0.4 is 0 Å². The van der Waals surface area contributed by atoms with Crippen molar-refractivity contribution in [3.63, 3.8) is 0 Å². The van der Waals surface area contributed by atoms with Crippen molar-refractivity contribution in [3.05, 3.63) is 70.3 Å². The summed E-state index contributed by atoms with van der Waals surface area (Å²) in [6, 6.07) is 5.81. The summed E-state index contributed by atoms with van der Waals surface area (Å²) >= 11 is 0. The van der Waals surface area contributed by atoms with Gasteiger partial charge in [0.15, 0.2) is 0 Å². The summed E-state index contributed by atoms with van der Waals surface area (Å²) in [5, 5.41) is 0. The summed E-state index contributed by atoms with van der Waals surface area (Å²) in [5.41, 5.74) is 4.38. The maximum atomic E-state index is 13.0. The second kappa shape index (κ2) is 8.19. The molecule has 0 saturated carbocycles. The van der Waals surface area contributed by atoms with Gasteiger partial charge in [-0.15, -0.1) is 0 Å². The highest BCUT2D eigenvalue weighted by atomic mass is 19.4. The molecule has 126 valence electrons. The zero-order chi connectivity index (χ0) is 17.6. The zero-order valence-corrected chi connectivity index (χ0v) is 14.3. The first-order valence-electron chi connectivity index (χ1n) is 7.99. The predicted octanol–water partition coefficient (Wildman–Crippen LogP) is 6.89. The molecule has 0 fully saturated rings. The molecule has 0 radical (unpaired) electrons. The molecule has 3 heteroatoms. The third kappa shape index (κ3) is 5.12. The van der Waals surface area contributed by atoms with Gasteiger partial charge in [-0.25, -0.2) is 0 Å². The number of alkyl halides is 3. The van der Waals surface area contributed by atoms with E-state index in [1.807, 2.05) is 27.7 Å².